The van der Waals surface area contributed by atoms with Crippen LogP contribution in [0.1, 0.15) is 5.82 Å². The van der Waals surface area contributed by atoms with Gasteiger partial charge in [-0.25, -0.2) is 9.97 Å². The van der Waals surface area contributed by atoms with E-state index in [1.54, 1.807) is 18.2 Å². The van der Waals surface area contributed by atoms with Crippen molar-refractivity contribution in [3.8, 4) is 0 Å². The molecule has 4 aromatic rings. The Labute approximate surface area is 158 Å². The molecule has 6 nitrogen and oxygen atoms in total. The second-order valence-corrected chi connectivity index (χ2v) is 7.04. The van der Waals surface area contributed by atoms with Crippen LogP contribution in [0.4, 0.5) is 0 Å². The molecule has 0 atom stereocenters. The van der Waals surface area contributed by atoms with Crippen molar-refractivity contribution in [2.75, 3.05) is 12.3 Å². The molecular formula is C18H15ClN4O2S. The standard InChI is InChI=1S/C18H15ClN4O2S/c19-11-5-6-15-14(9-11)23-18(25-15)26-10-17(24)20-8-7-16-21-12-3-1-2-4-13(12)22-16/h1-6,9H,7-8,10H2,(H,20,24)(H,21,22). The molecule has 2 heterocycles. The van der Waals surface area contributed by atoms with Crippen LogP contribution in [-0.2, 0) is 11.2 Å². The molecule has 0 spiro atoms. The van der Waals surface area contributed by atoms with Crippen LogP contribution in [0.25, 0.3) is 22.1 Å². The molecule has 2 N–H and O–H groups in total. The Morgan fingerprint density at radius 1 is 1.19 bits per heavy atom. The zero-order chi connectivity index (χ0) is 17.9. The van der Waals surface area contributed by atoms with Crippen molar-refractivity contribution in [2.45, 2.75) is 11.6 Å². The smallest absolute Gasteiger partial charge is 0.257 e. The molecule has 0 fully saturated rings. The first-order chi connectivity index (χ1) is 12.7. The average Bonchev–Trinajstić information content (AvgIpc) is 3.22. The molecule has 0 saturated heterocycles. The van der Waals surface area contributed by atoms with E-state index in [9.17, 15) is 4.79 Å². The lowest BCUT2D eigenvalue weighted by Gasteiger charge is -2.02. The summed E-state index contributed by atoms with van der Waals surface area (Å²) in [5.41, 5.74) is 3.27. The second-order valence-electron chi connectivity index (χ2n) is 5.68. The molecule has 0 radical (unpaired) electrons. The highest BCUT2D eigenvalue weighted by atomic mass is 35.5. The first-order valence-corrected chi connectivity index (χ1v) is 9.43. The van der Waals surface area contributed by atoms with Crippen LogP contribution in [0.5, 0.6) is 0 Å². The summed E-state index contributed by atoms with van der Waals surface area (Å²) < 4.78 is 5.58. The van der Waals surface area contributed by atoms with Gasteiger partial charge in [-0.3, -0.25) is 4.79 Å². The number of hydrogen-bond donors (Lipinski definition) is 2. The van der Waals surface area contributed by atoms with Crippen molar-refractivity contribution in [1.82, 2.24) is 20.3 Å². The number of aromatic amines is 1. The highest BCUT2D eigenvalue weighted by molar-refractivity contribution is 7.99. The number of amides is 1. The SMILES string of the molecule is O=C(CSc1nc2cc(Cl)ccc2o1)NCCc1nc2ccccc2[nH]1. The van der Waals surface area contributed by atoms with E-state index in [2.05, 4.69) is 20.3 Å². The number of thioether (sulfide) groups is 1. The van der Waals surface area contributed by atoms with E-state index in [4.69, 9.17) is 16.0 Å². The number of halogens is 1. The van der Waals surface area contributed by atoms with Gasteiger partial charge in [0.05, 0.1) is 16.8 Å². The minimum Gasteiger partial charge on any atom is -0.431 e. The van der Waals surface area contributed by atoms with E-state index in [-0.39, 0.29) is 11.7 Å². The number of benzene rings is 2. The quantitative estimate of drug-likeness (QED) is 0.492. The van der Waals surface area contributed by atoms with Gasteiger partial charge in [-0.05, 0) is 30.3 Å². The van der Waals surface area contributed by atoms with Gasteiger partial charge in [0.25, 0.3) is 5.22 Å². The maximum Gasteiger partial charge on any atom is 0.257 e. The molecule has 0 aliphatic rings. The predicted octanol–water partition coefficient (Wildman–Crippen LogP) is 3.81. The maximum atomic E-state index is 12.0. The van der Waals surface area contributed by atoms with E-state index in [1.807, 2.05) is 24.3 Å². The Balaban J connectivity index is 1.26. The van der Waals surface area contributed by atoms with Crippen molar-refractivity contribution in [3.05, 3.63) is 53.3 Å². The molecule has 8 heteroatoms. The molecular weight excluding hydrogens is 372 g/mol. The lowest BCUT2D eigenvalue weighted by atomic mass is 10.3. The number of H-pyrrole nitrogens is 1. The van der Waals surface area contributed by atoms with Crippen LogP contribution >= 0.6 is 23.4 Å². The molecule has 1 amide bonds. The number of nitrogens with one attached hydrogen (secondary N) is 2. The average molecular weight is 387 g/mol. The molecule has 0 aliphatic carbocycles. The maximum absolute atomic E-state index is 12.0. The first kappa shape index (κ1) is 16.9. The van der Waals surface area contributed by atoms with Crippen LogP contribution < -0.4 is 5.32 Å². The van der Waals surface area contributed by atoms with Crippen molar-refractivity contribution in [1.29, 1.82) is 0 Å². The van der Waals surface area contributed by atoms with Crippen molar-refractivity contribution >= 4 is 51.4 Å². The summed E-state index contributed by atoms with van der Waals surface area (Å²) in [7, 11) is 0. The summed E-state index contributed by atoms with van der Waals surface area (Å²) in [5, 5.41) is 3.93. The minimum absolute atomic E-state index is 0.0774. The molecule has 4 rings (SSSR count). The lowest BCUT2D eigenvalue weighted by molar-refractivity contribution is -0.118. The Morgan fingerprint density at radius 2 is 2.08 bits per heavy atom. The summed E-state index contributed by atoms with van der Waals surface area (Å²) in [6, 6.07) is 13.1. The van der Waals surface area contributed by atoms with Gasteiger partial charge in [0.15, 0.2) is 5.58 Å². The van der Waals surface area contributed by atoms with Crippen LogP contribution in [0, 0.1) is 0 Å². The highest BCUT2D eigenvalue weighted by Gasteiger charge is 2.10. The number of imidazole rings is 1. The summed E-state index contributed by atoms with van der Waals surface area (Å²) in [4.78, 5) is 24.0. The summed E-state index contributed by atoms with van der Waals surface area (Å²) in [6.45, 7) is 0.516. The van der Waals surface area contributed by atoms with E-state index in [0.717, 1.165) is 16.9 Å². The van der Waals surface area contributed by atoms with Gasteiger partial charge in [0, 0.05) is 18.0 Å². The third-order valence-electron chi connectivity index (χ3n) is 3.78. The van der Waals surface area contributed by atoms with Crippen LogP contribution in [-0.4, -0.2) is 33.2 Å². The number of fused-ring (bicyclic) bond motifs is 2. The molecule has 132 valence electrons. The van der Waals surface area contributed by atoms with E-state index < -0.39 is 0 Å². The number of hydrogen-bond acceptors (Lipinski definition) is 5. The highest BCUT2D eigenvalue weighted by Crippen LogP contribution is 2.25. The number of carbonyl (C=O) groups excluding carboxylic acids is 1. The van der Waals surface area contributed by atoms with Crippen LogP contribution in [0.3, 0.4) is 0 Å². The van der Waals surface area contributed by atoms with Gasteiger partial charge in [-0.1, -0.05) is 35.5 Å². The third-order valence-corrected chi connectivity index (χ3v) is 4.84. The van der Waals surface area contributed by atoms with Gasteiger partial charge in [-0.15, -0.1) is 0 Å². The molecule has 0 bridgehead atoms. The van der Waals surface area contributed by atoms with E-state index >= 15 is 0 Å². The summed E-state index contributed by atoms with van der Waals surface area (Å²) >= 11 is 7.18. The third kappa shape index (κ3) is 3.84. The van der Waals surface area contributed by atoms with Gasteiger partial charge in [0.1, 0.15) is 11.3 Å². The number of rotatable bonds is 6. The zero-order valence-electron chi connectivity index (χ0n) is 13.7. The Morgan fingerprint density at radius 3 is 2.96 bits per heavy atom. The predicted molar refractivity (Wildman–Crippen MR) is 103 cm³/mol. The summed E-state index contributed by atoms with van der Waals surface area (Å²) in [5.74, 6) is 1.02. The van der Waals surface area contributed by atoms with Crippen LogP contribution in [0.2, 0.25) is 5.02 Å². The van der Waals surface area contributed by atoms with Crippen LogP contribution in [0.15, 0.2) is 52.1 Å². The van der Waals surface area contributed by atoms with Gasteiger partial charge < -0.3 is 14.7 Å². The molecule has 2 aromatic heterocycles. The Kier molecular flexibility index (Phi) is 4.81. The van der Waals surface area contributed by atoms with Crippen molar-refractivity contribution in [3.63, 3.8) is 0 Å². The Bertz CT molecular complexity index is 1040. The number of aromatic nitrogens is 3. The molecule has 0 unspecified atom stereocenters. The number of oxazole rings is 1. The fourth-order valence-electron chi connectivity index (χ4n) is 2.56. The topological polar surface area (TPSA) is 83.8 Å². The Hall–Kier alpha value is -2.51. The van der Waals surface area contributed by atoms with Gasteiger partial charge in [-0.2, -0.15) is 0 Å². The normalized spacial score (nSPS) is 11.3. The summed E-state index contributed by atoms with van der Waals surface area (Å²) in [6.07, 6.45) is 0.645. The van der Waals surface area contributed by atoms with E-state index in [1.165, 1.54) is 11.8 Å². The first-order valence-electron chi connectivity index (χ1n) is 8.06. The largest absolute Gasteiger partial charge is 0.431 e. The minimum atomic E-state index is -0.0774. The van der Waals surface area contributed by atoms with E-state index in [0.29, 0.717) is 34.3 Å². The lowest BCUT2D eigenvalue weighted by Crippen LogP contribution is -2.27. The molecule has 0 saturated carbocycles. The molecule has 26 heavy (non-hydrogen) atoms. The number of nitrogens with zero attached hydrogens (tertiary/aromatic N) is 2. The van der Waals surface area contributed by atoms with Crippen molar-refractivity contribution < 1.29 is 9.21 Å². The van der Waals surface area contributed by atoms with Gasteiger partial charge in [0.2, 0.25) is 5.91 Å². The number of carbonyl (C=O) groups is 1. The molecule has 0 aliphatic heterocycles. The molecule has 2 aromatic carbocycles. The van der Waals surface area contributed by atoms with Crippen molar-refractivity contribution in [2.24, 2.45) is 0 Å². The monoisotopic (exact) mass is 386 g/mol. The zero-order valence-corrected chi connectivity index (χ0v) is 15.2. The second kappa shape index (κ2) is 7.39. The van der Waals surface area contributed by atoms with Gasteiger partial charge >= 0.3 is 0 Å². The fourth-order valence-corrected chi connectivity index (χ4v) is 3.40. The number of para-hydroxylation sites is 2. The fraction of sp³-hybridized carbons (Fsp3) is 0.167.